The van der Waals surface area contributed by atoms with Crippen molar-refractivity contribution in [2.24, 2.45) is 0 Å². The van der Waals surface area contributed by atoms with Crippen LogP contribution in [0.4, 0.5) is 0 Å². The monoisotopic (exact) mass is 417 g/mol. The van der Waals surface area contributed by atoms with Crippen molar-refractivity contribution in [2.45, 2.75) is 27.7 Å². The molecule has 0 radical (unpaired) electrons. The van der Waals surface area contributed by atoms with E-state index in [2.05, 4.69) is 4.72 Å². The fourth-order valence-electron chi connectivity index (χ4n) is 2.24. The maximum atomic E-state index is 12.4. The molecule has 0 saturated carbocycles. The summed E-state index contributed by atoms with van der Waals surface area (Å²) in [5, 5.41) is 0. The number of hydrogen-bond donors (Lipinski definition) is 1. The first kappa shape index (κ1) is 20.6. The lowest BCUT2D eigenvalue weighted by Crippen LogP contribution is -2.27. The molecule has 10 heteroatoms. The second kappa shape index (κ2) is 7.10. The second-order valence-corrected chi connectivity index (χ2v) is 11.7. The average molecular weight is 418 g/mol. The standard InChI is InChI=1S/C16H19NO6S3/c1-12(13-4-6-14(7-5-13)24(2,18)19)17-26(22,23)16-10-8-15(9-11-16)25(3,20)21/h4-12,17H,1-3H3. The van der Waals surface area contributed by atoms with E-state index in [4.69, 9.17) is 0 Å². The van der Waals surface area contributed by atoms with Gasteiger partial charge in [-0.15, -0.1) is 0 Å². The third-order valence-electron chi connectivity index (χ3n) is 3.70. The molecule has 0 spiro atoms. The summed E-state index contributed by atoms with van der Waals surface area (Å²) >= 11 is 0. The summed E-state index contributed by atoms with van der Waals surface area (Å²) < 4.78 is 73.2. The topological polar surface area (TPSA) is 114 Å². The van der Waals surface area contributed by atoms with Crippen LogP contribution >= 0.6 is 0 Å². The zero-order valence-electron chi connectivity index (χ0n) is 14.4. The maximum Gasteiger partial charge on any atom is 0.241 e. The Balaban J connectivity index is 2.23. The highest BCUT2D eigenvalue weighted by Gasteiger charge is 2.19. The molecule has 0 saturated heterocycles. The molecule has 0 bridgehead atoms. The lowest BCUT2D eigenvalue weighted by atomic mass is 10.1. The predicted molar refractivity (Wildman–Crippen MR) is 97.8 cm³/mol. The van der Waals surface area contributed by atoms with E-state index in [1.54, 1.807) is 6.92 Å². The van der Waals surface area contributed by atoms with Crippen LogP contribution in [0.15, 0.2) is 63.2 Å². The Morgan fingerprint density at radius 2 is 1.00 bits per heavy atom. The molecule has 0 aliphatic carbocycles. The molecule has 0 aliphatic rings. The molecule has 142 valence electrons. The van der Waals surface area contributed by atoms with Gasteiger partial charge in [-0.3, -0.25) is 0 Å². The number of nitrogens with one attached hydrogen (secondary N) is 1. The summed E-state index contributed by atoms with van der Waals surface area (Å²) in [5.41, 5.74) is 0.591. The lowest BCUT2D eigenvalue weighted by molar-refractivity contribution is 0.566. The molecule has 7 nitrogen and oxygen atoms in total. The van der Waals surface area contributed by atoms with Crippen molar-refractivity contribution in [3.8, 4) is 0 Å². The van der Waals surface area contributed by atoms with Crippen LogP contribution in [0.2, 0.25) is 0 Å². The summed E-state index contributed by atoms with van der Waals surface area (Å²) in [5.74, 6) is 0. The minimum absolute atomic E-state index is 0.0286. The minimum Gasteiger partial charge on any atom is -0.224 e. The van der Waals surface area contributed by atoms with Gasteiger partial charge in [0.25, 0.3) is 0 Å². The van der Waals surface area contributed by atoms with E-state index >= 15 is 0 Å². The van der Waals surface area contributed by atoms with Crippen LogP contribution < -0.4 is 4.72 Å². The fraction of sp³-hybridized carbons (Fsp3) is 0.250. The summed E-state index contributed by atoms with van der Waals surface area (Å²) in [7, 11) is -10.6. The normalized spacial score (nSPS) is 14.1. The van der Waals surface area contributed by atoms with Gasteiger partial charge in [0.15, 0.2) is 19.7 Å². The van der Waals surface area contributed by atoms with Crippen molar-refractivity contribution < 1.29 is 25.3 Å². The quantitative estimate of drug-likeness (QED) is 0.762. The fourth-order valence-corrected chi connectivity index (χ4v) is 4.73. The highest BCUT2D eigenvalue weighted by atomic mass is 32.2. The van der Waals surface area contributed by atoms with E-state index in [0.717, 1.165) is 12.5 Å². The van der Waals surface area contributed by atoms with Crippen LogP contribution in [0.5, 0.6) is 0 Å². The smallest absolute Gasteiger partial charge is 0.224 e. The molecule has 26 heavy (non-hydrogen) atoms. The highest BCUT2D eigenvalue weighted by molar-refractivity contribution is 7.91. The zero-order valence-corrected chi connectivity index (χ0v) is 16.8. The van der Waals surface area contributed by atoms with Gasteiger partial charge < -0.3 is 0 Å². The molecule has 1 atom stereocenters. The predicted octanol–water partition coefficient (Wildman–Crippen LogP) is 1.53. The minimum atomic E-state index is -3.87. The summed E-state index contributed by atoms with van der Waals surface area (Å²) in [4.78, 5) is 0.109. The molecule has 0 amide bonds. The van der Waals surface area contributed by atoms with Crippen LogP contribution in [-0.4, -0.2) is 37.8 Å². The van der Waals surface area contributed by atoms with Gasteiger partial charge in [0.05, 0.1) is 14.7 Å². The van der Waals surface area contributed by atoms with Gasteiger partial charge in [-0.25, -0.2) is 30.0 Å². The number of benzene rings is 2. The van der Waals surface area contributed by atoms with E-state index in [1.165, 1.54) is 48.5 Å². The van der Waals surface area contributed by atoms with Gasteiger partial charge in [0, 0.05) is 18.6 Å². The van der Waals surface area contributed by atoms with Crippen molar-refractivity contribution in [1.82, 2.24) is 4.72 Å². The average Bonchev–Trinajstić information content (AvgIpc) is 2.53. The molecule has 0 fully saturated rings. The Morgan fingerprint density at radius 1 is 0.654 bits per heavy atom. The Bertz CT molecular complexity index is 1100. The molecule has 1 N–H and O–H groups in total. The molecule has 0 heterocycles. The van der Waals surface area contributed by atoms with Crippen molar-refractivity contribution in [3.63, 3.8) is 0 Å². The van der Waals surface area contributed by atoms with E-state index in [9.17, 15) is 25.3 Å². The van der Waals surface area contributed by atoms with Gasteiger partial charge in [-0.05, 0) is 48.9 Å². The van der Waals surface area contributed by atoms with Crippen LogP contribution in [0.25, 0.3) is 0 Å². The van der Waals surface area contributed by atoms with Crippen molar-refractivity contribution in [3.05, 3.63) is 54.1 Å². The van der Waals surface area contributed by atoms with E-state index in [-0.39, 0.29) is 14.7 Å². The number of sulfone groups is 2. The molecule has 2 aromatic rings. The molecular formula is C16H19NO6S3. The first-order chi connectivity index (χ1) is 11.8. The second-order valence-electron chi connectivity index (χ2n) is 5.93. The zero-order chi connectivity index (χ0) is 19.8. The lowest BCUT2D eigenvalue weighted by Gasteiger charge is -2.15. The van der Waals surface area contributed by atoms with Gasteiger partial charge in [0.1, 0.15) is 0 Å². The molecule has 1 unspecified atom stereocenters. The van der Waals surface area contributed by atoms with Crippen LogP contribution in [0.1, 0.15) is 18.5 Å². The molecule has 2 aromatic carbocycles. The Kier molecular flexibility index (Phi) is 5.62. The maximum absolute atomic E-state index is 12.4. The largest absolute Gasteiger partial charge is 0.241 e. The number of rotatable bonds is 6. The third-order valence-corrected chi connectivity index (χ3v) is 7.52. The SMILES string of the molecule is CC(NS(=O)(=O)c1ccc(S(C)(=O)=O)cc1)c1ccc(S(C)(=O)=O)cc1. The third kappa shape index (κ3) is 4.91. The summed E-state index contributed by atoms with van der Waals surface area (Å²) in [6, 6.07) is 10.2. The van der Waals surface area contributed by atoms with E-state index < -0.39 is 35.7 Å². The van der Waals surface area contributed by atoms with E-state index in [0.29, 0.717) is 5.56 Å². The van der Waals surface area contributed by atoms with E-state index in [1.807, 2.05) is 0 Å². The molecular weight excluding hydrogens is 398 g/mol. The highest BCUT2D eigenvalue weighted by Crippen LogP contribution is 2.20. The Hall–Kier alpha value is -1.75. The first-order valence-electron chi connectivity index (χ1n) is 7.43. The number of sulfonamides is 1. The molecule has 2 rings (SSSR count). The Morgan fingerprint density at radius 3 is 1.38 bits per heavy atom. The molecule has 0 aliphatic heterocycles. The van der Waals surface area contributed by atoms with Crippen LogP contribution in [-0.2, 0) is 29.7 Å². The van der Waals surface area contributed by atoms with Crippen LogP contribution in [0.3, 0.4) is 0 Å². The van der Waals surface area contributed by atoms with Crippen LogP contribution in [0, 0.1) is 0 Å². The van der Waals surface area contributed by atoms with Gasteiger partial charge in [-0.2, -0.15) is 0 Å². The van der Waals surface area contributed by atoms with Crippen molar-refractivity contribution >= 4 is 29.7 Å². The Labute approximate surface area is 154 Å². The van der Waals surface area contributed by atoms with Gasteiger partial charge in [0.2, 0.25) is 10.0 Å². The first-order valence-corrected chi connectivity index (χ1v) is 12.7. The van der Waals surface area contributed by atoms with Crippen molar-refractivity contribution in [2.75, 3.05) is 12.5 Å². The van der Waals surface area contributed by atoms with Gasteiger partial charge in [-0.1, -0.05) is 12.1 Å². The molecule has 0 aromatic heterocycles. The number of hydrogen-bond acceptors (Lipinski definition) is 6. The summed E-state index contributed by atoms with van der Waals surface area (Å²) in [6.45, 7) is 1.62. The van der Waals surface area contributed by atoms with Gasteiger partial charge >= 0.3 is 0 Å². The van der Waals surface area contributed by atoms with Crippen molar-refractivity contribution in [1.29, 1.82) is 0 Å². The summed E-state index contributed by atoms with van der Waals surface area (Å²) in [6.07, 6.45) is 2.13.